The lowest BCUT2D eigenvalue weighted by Gasteiger charge is -2.17. The Kier molecular flexibility index (Phi) is 5.25. The number of allylic oxidation sites excluding steroid dienone is 1. The highest BCUT2D eigenvalue weighted by atomic mass is 16.2. The summed E-state index contributed by atoms with van der Waals surface area (Å²) in [7, 11) is 0. The first-order chi connectivity index (χ1) is 14.9. The van der Waals surface area contributed by atoms with E-state index in [1.54, 1.807) is 18.3 Å². The average Bonchev–Trinajstić information content (AvgIpc) is 2.77. The van der Waals surface area contributed by atoms with Crippen LogP contribution in [0.1, 0.15) is 34.5 Å². The number of carbonyl (C=O) groups excluding carboxylic acids is 1. The first-order valence-corrected chi connectivity index (χ1v) is 9.98. The van der Waals surface area contributed by atoms with E-state index in [9.17, 15) is 9.59 Å². The van der Waals surface area contributed by atoms with Crippen molar-refractivity contribution in [3.63, 3.8) is 0 Å². The van der Waals surface area contributed by atoms with Crippen LogP contribution in [0.5, 0.6) is 0 Å². The van der Waals surface area contributed by atoms with Crippen LogP contribution in [0.2, 0.25) is 0 Å². The van der Waals surface area contributed by atoms with Crippen LogP contribution in [-0.4, -0.2) is 19.9 Å². The molecule has 3 heterocycles. The number of rotatable bonds is 5. The Labute approximate surface area is 178 Å². The highest BCUT2D eigenvalue weighted by Gasteiger charge is 2.19. The second kappa shape index (κ2) is 8.02. The van der Waals surface area contributed by atoms with E-state index in [1.165, 1.54) is 15.0 Å². The molecule has 0 aliphatic carbocycles. The molecular weight excluding hydrogens is 390 g/mol. The Bertz CT molecular complexity index is 1430. The maximum atomic E-state index is 13.2. The van der Waals surface area contributed by atoms with Gasteiger partial charge in [-0.2, -0.15) is 0 Å². The third-order valence-electron chi connectivity index (χ3n) is 5.26. The first-order valence-electron chi connectivity index (χ1n) is 9.98. The smallest absolute Gasteiger partial charge is 0.267 e. The van der Waals surface area contributed by atoms with Gasteiger partial charge < -0.3 is 9.88 Å². The molecule has 4 aromatic rings. The molecule has 4 rings (SSSR count). The van der Waals surface area contributed by atoms with E-state index in [1.807, 2.05) is 50.2 Å². The van der Waals surface area contributed by atoms with E-state index >= 15 is 0 Å². The Hall–Kier alpha value is -4.00. The fourth-order valence-corrected chi connectivity index (χ4v) is 3.62. The highest BCUT2D eigenvalue weighted by molar-refractivity contribution is 5.97. The molecule has 0 fully saturated rings. The first kappa shape index (κ1) is 20.3. The number of hydrogen-bond acceptors (Lipinski definition) is 4. The highest BCUT2D eigenvalue weighted by Crippen LogP contribution is 2.14. The number of carbonyl (C=O) groups is 1. The average molecular weight is 413 g/mol. The zero-order chi connectivity index (χ0) is 22.1. The van der Waals surface area contributed by atoms with E-state index in [-0.39, 0.29) is 34.6 Å². The van der Waals surface area contributed by atoms with Gasteiger partial charge in [-0.1, -0.05) is 42.5 Å². The van der Waals surface area contributed by atoms with Crippen molar-refractivity contribution in [2.24, 2.45) is 0 Å². The second-order valence-electron chi connectivity index (χ2n) is 7.50. The van der Waals surface area contributed by atoms with Crippen molar-refractivity contribution in [2.75, 3.05) is 0 Å². The molecular formula is C24H23N5O2. The maximum Gasteiger partial charge on any atom is 0.267 e. The van der Waals surface area contributed by atoms with Gasteiger partial charge in [-0.3, -0.25) is 19.4 Å². The molecule has 0 aliphatic heterocycles. The predicted molar refractivity (Wildman–Crippen MR) is 120 cm³/mol. The summed E-state index contributed by atoms with van der Waals surface area (Å²) in [6, 6.07) is 14.4. The molecule has 1 amide bonds. The van der Waals surface area contributed by atoms with E-state index in [0.29, 0.717) is 11.3 Å². The van der Waals surface area contributed by atoms with Gasteiger partial charge in [-0.15, -0.1) is 6.58 Å². The molecule has 0 bridgehead atoms. The Morgan fingerprint density at radius 3 is 2.71 bits per heavy atom. The Morgan fingerprint density at radius 1 is 1.26 bits per heavy atom. The molecule has 2 N–H and O–H groups in total. The standard InChI is InChI=1S/C24H23N5O2/c1-4-12-28-21(25)18(23(30)26-16(3)17-8-6-5-7-9-17)13-19-22(28)27-20-11-10-15(2)14-29(20)24(19)31/h4-11,13-14,16,25H,1,12H2,2-3H3,(H,26,30)/t16-/m1/s1. The number of nitrogens with one attached hydrogen (secondary N) is 2. The molecule has 31 heavy (non-hydrogen) atoms. The van der Waals surface area contributed by atoms with Crippen LogP contribution in [0.4, 0.5) is 0 Å². The number of fused-ring (bicyclic) bond motifs is 2. The van der Waals surface area contributed by atoms with Gasteiger partial charge in [0.25, 0.3) is 11.5 Å². The maximum absolute atomic E-state index is 13.2. The van der Waals surface area contributed by atoms with E-state index in [4.69, 9.17) is 5.41 Å². The third-order valence-corrected chi connectivity index (χ3v) is 5.26. The summed E-state index contributed by atoms with van der Waals surface area (Å²) in [4.78, 5) is 30.9. The number of hydrogen-bond donors (Lipinski definition) is 2. The van der Waals surface area contributed by atoms with Gasteiger partial charge >= 0.3 is 0 Å². The fourth-order valence-electron chi connectivity index (χ4n) is 3.62. The number of pyridine rings is 2. The van der Waals surface area contributed by atoms with Crippen molar-refractivity contribution < 1.29 is 4.79 Å². The van der Waals surface area contributed by atoms with Crippen molar-refractivity contribution in [3.8, 4) is 0 Å². The lowest BCUT2D eigenvalue weighted by Crippen LogP contribution is -2.35. The zero-order valence-electron chi connectivity index (χ0n) is 17.4. The second-order valence-corrected chi connectivity index (χ2v) is 7.50. The van der Waals surface area contributed by atoms with Gasteiger partial charge in [0.1, 0.15) is 16.8 Å². The van der Waals surface area contributed by atoms with Gasteiger partial charge in [0.15, 0.2) is 0 Å². The summed E-state index contributed by atoms with van der Waals surface area (Å²) in [5.74, 6) is -0.421. The molecule has 0 unspecified atom stereocenters. The molecule has 0 saturated heterocycles. The molecule has 1 aromatic carbocycles. The van der Waals surface area contributed by atoms with Crippen molar-refractivity contribution in [1.29, 1.82) is 5.41 Å². The van der Waals surface area contributed by atoms with Crippen molar-refractivity contribution in [2.45, 2.75) is 26.4 Å². The minimum Gasteiger partial charge on any atom is -0.345 e. The van der Waals surface area contributed by atoms with Gasteiger partial charge in [0.2, 0.25) is 0 Å². The van der Waals surface area contributed by atoms with Crippen LogP contribution >= 0.6 is 0 Å². The van der Waals surface area contributed by atoms with E-state index in [0.717, 1.165) is 11.1 Å². The van der Waals surface area contributed by atoms with Crippen LogP contribution in [0.15, 0.2) is 72.2 Å². The minimum atomic E-state index is -0.421. The third kappa shape index (κ3) is 3.66. The summed E-state index contributed by atoms with van der Waals surface area (Å²) in [6.45, 7) is 7.77. The lowest BCUT2D eigenvalue weighted by atomic mass is 10.1. The largest absolute Gasteiger partial charge is 0.345 e. The van der Waals surface area contributed by atoms with Crippen molar-refractivity contribution in [1.82, 2.24) is 19.3 Å². The van der Waals surface area contributed by atoms with Crippen molar-refractivity contribution in [3.05, 3.63) is 99.9 Å². The predicted octanol–water partition coefficient (Wildman–Crippen LogP) is 3.11. The molecule has 0 aliphatic rings. The number of aromatic nitrogens is 3. The van der Waals surface area contributed by atoms with Crippen LogP contribution in [0, 0.1) is 12.3 Å². The summed E-state index contributed by atoms with van der Waals surface area (Å²) in [5.41, 5.74) is 2.51. The molecule has 0 radical (unpaired) electrons. The number of amides is 1. The lowest BCUT2D eigenvalue weighted by molar-refractivity contribution is 0.0937. The van der Waals surface area contributed by atoms with Crippen LogP contribution in [0.3, 0.4) is 0 Å². The SMILES string of the molecule is C=CCn1c(=N)c(C(=O)N[C@H](C)c2ccccc2)cc2c(=O)n3cc(C)ccc3nc21. The quantitative estimate of drug-likeness (QED) is 0.389. The normalized spacial score (nSPS) is 12.1. The number of benzene rings is 1. The Morgan fingerprint density at radius 2 is 2.00 bits per heavy atom. The van der Waals surface area contributed by atoms with E-state index in [2.05, 4.69) is 16.9 Å². The molecule has 156 valence electrons. The summed E-state index contributed by atoms with van der Waals surface area (Å²) >= 11 is 0. The van der Waals surface area contributed by atoms with Crippen molar-refractivity contribution >= 4 is 22.6 Å². The van der Waals surface area contributed by atoms with Crippen LogP contribution in [-0.2, 0) is 6.54 Å². The molecule has 1 atom stereocenters. The zero-order valence-corrected chi connectivity index (χ0v) is 17.4. The number of aryl methyl sites for hydroxylation is 1. The molecule has 3 aromatic heterocycles. The molecule has 0 saturated carbocycles. The molecule has 7 nitrogen and oxygen atoms in total. The fraction of sp³-hybridized carbons (Fsp3) is 0.167. The monoisotopic (exact) mass is 413 g/mol. The Balaban J connectivity index is 1.90. The minimum absolute atomic E-state index is 0.0199. The van der Waals surface area contributed by atoms with Gasteiger partial charge in [0, 0.05) is 12.7 Å². The molecule has 0 spiro atoms. The van der Waals surface area contributed by atoms with Gasteiger partial charge in [0.05, 0.1) is 17.0 Å². The van der Waals surface area contributed by atoms with Crippen LogP contribution in [0.25, 0.3) is 16.7 Å². The van der Waals surface area contributed by atoms with Gasteiger partial charge in [-0.25, -0.2) is 4.98 Å². The molecule has 7 heteroatoms. The topological polar surface area (TPSA) is 92.2 Å². The van der Waals surface area contributed by atoms with Gasteiger partial charge in [-0.05, 0) is 37.1 Å². The summed E-state index contributed by atoms with van der Waals surface area (Å²) in [5, 5.41) is 11.8. The number of nitrogens with zero attached hydrogens (tertiary/aromatic N) is 3. The summed E-state index contributed by atoms with van der Waals surface area (Å²) in [6.07, 6.45) is 3.33. The van der Waals surface area contributed by atoms with E-state index < -0.39 is 5.91 Å². The summed E-state index contributed by atoms with van der Waals surface area (Å²) < 4.78 is 3.00. The van der Waals surface area contributed by atoms with Crippen LogP contribution < -0.4 is 16.4 Å².